The number of nitrogens with one attached hydrogen (secondary N) is 2. The van der Waals surface area contributed by atoms with E-state index in [2.05, 4.69) is 29.4 Å². The van der Waals surface area contributed by atoms with Gasteiger partial charge in [-0.05, 0) is 49.5 Å². The molecule has 1 aromatic heterocycles. The van der Waals surface area contributed by atoms with Gasteiger partial charge < -0.3 is 20.0 Å². The maximum atomic E-state index is 12.3. The highest BCUT2D eigenvalue weighted by atomic mass is 16.3. The molecule has 0 saturated carbocycles. The minimum absolute atomic E-state index is 0.0210. The average molecular weight is 372 g/mol. The minimum Gasteiger partial charge on any atom is -0.468 e. The van der Waals surface area contributed by atoms with Gasteiger partial charge in [-0.1, -0.05) is 13.8 Å². The lowest BCUT2D eigenvalue weighted by Gasteiger charge is -2.28. The van der Waals surface area contributed by atoms with Crippen LogP contribution in [0, 0.1) is 0 Å². The van der Waals surface area contributed by atoms with Gasteiger partial charge in [0.2, 0.25) is 5.91 Å². The van der Waals surface area contributed by atoms with Crippen molar-refractivity contribution in [1.29, 1.82) is 0 Å². The normalized spacial score (nSPS) is 11.9. The van der Waals surface area contributed by atoms with Crippen molar-refractivity contribution >= 4 is 23.3 Å². The first kappa shape index (κ1) is 20.5. The van der Waals surface area contributed by atoms with E-state index >= 15 is 0 Å². The lowest BCUT2D eigenvalue weighted by molar-refractivity contribution is -0.116. The molecule has 27 heavy (non-hydrogen) atoms. The van der Waals surface area contributed by atoms with Gasteiger partial charge in [0.1, 0.15) is 5.76 Å². The Balaban J connectivity index is 1.95. The van der Waals surface area contributed by atoms with Crippen LogP contribution in [0.4, 0.5) is 16.2 Å². The molecule has 7 nitrogen and oxygen atoms in total. The zero-order valence-corrected chi connectivity index (χ0v) is 16.4. The predicted octanol–water partition coefficient (Wildman–Crippen LogP) is 3.47. The lowest BCUT2D eigenvalue weighted by atomic mass is 10.2. The van der Waals surface area contributed by atoms with Crippen molar-refractivity contribution in [2.45, 2.75) is 26.8 Å². The van der Waals surface area contributed by atoms with E-state index in [0.29, 0.717) is 12.2 Å². The number of hydrogen-bond acceptors (Lipinski definition) is 4. The molecule has 2 rings (SSSR count). The second-order valence-electron chi connectivity index (χ2n) is 6.21. The van der Waals surface area contributed by atoms with Crippen LogP contribution >= 0.6 is 0 Å². The van der Waals surface area contributed by atoms with Crippen LogP contribution in [0.1, 0.15) is 32.6 Å². The van der Waals surface area contributed by atoms with Crippen LogP contribution in [0.15, 0.2) is 47.1 Å². The molecular weight excluding hydrogens is 344 g/mol. The fraction of sp³-hybridized carbons (Fsp3) is 0.400. The van der Waals surface area contributed by atoms with E-state index in [0.717, 1.165) is 24.5 Å². The van der Waals surface area contributed by atoms with Crippen molar-refractivity contribution in [3.8, 4) is 0 Å². The Labute approximate surface area is 160 Å². The summed E-state index contributed by atoms with van der Waals surface area (Å²) in [5.41, 5.74) is 1.43. The van der Waals surface area contributed by atoms with E-state index in [4.69, 9.17) is 4.42 Å². The minimum atomic E-state index is -0.286. The molecule has 146 valence electrons. The number of anilines is 2. The molecule has 2 N–H and O–H groups in total. The van der Waals surface area contributed by atoms with E-state index in [1.54, 1.807) is 42.5 Å². The first-order valence-electron chi connectivity index (χ1n) is 9.12. The molecular formula is C20H28N4O3. The van der Waals surface area contributed by atoms with Gasteiger partial charge in [-0.3, -0.25) is 9.69 Å². The number of urea groups is 1. The Morgan fingerprint density at radius 1 is 1.11 bits per heavy atom. The number of likely N-dealkylation sites (N-methyl/N-ethyl adjacent to an activating group) is 1. The molecule has 0 aliphatic carbocycles. The predicted molar refractivity (Wildman–Crippen MR) is 107 cm³/mol. The summed E-state index contributed by atoms with van der Waals surface area (Å²) in [5, 5.41) is 5.72. The van der Waals surface area contributed by atoms with E-state index in [-0.39, 0.29) is 18.0 Å². The number of carbonyl (C=O) groups is 2. The molecule has 1 unspecified atom stereocenters. The lowest BCUT2D eigenvalue weighted by Crippen LogP contribution is -2.39. The van der Waals surface area contributed by atoms with Crippen LogP contribution in [0.25, 0.3) is 0 Å². The van der Waals surface area contributed by atoms with Gasteiger partial charge in [0.05, 0.1) is 12.3 Å². The first-order chi connectivity index (χ1) is 13.0. The summed E-state index contributed by atoms with van der Waals surface area (Å²) in [4.78, 5) is 27.4. The Bertz CT molecular complexity index is 724. The third-order valence-corrected chi connectivity index (χ3v) is 4.57. The number of benzene rings is 1. The zero-order chi connectivity index (χ0) is 19.8. The Morgan fingerprint density at radius 3 is 2.30 bits per heavy atom. The molecule has 3 amide bonds. The van der Waals surface area contributed by atoms with Crippen molar-refractivity contribution in [2.24, 2.45) is 0 Å². The number of rotatable bonds is 8. The highest BCUT2D eigenvalue weighted by Crippen LogP contribution is 2.20. The van der Waals surface area contributed by atoms with E-state index in [9.17, 15) is 9.59 Å². The summed E-state index contributed by atoms with van der Waals surface area (Å²) < 4.78 is 5.54. The third-order valence-electron chi connectivity index (χ3n) is 4.57. The SMILES string of the molecule is CCN(CC)C(CNC(=O)Nc1ccc(N(C)C(C)=O)cc1)c1ccco1. The van der Waals surface area contributed by atoms with Crippen LogP contribution in [0.3, 0.4) is 0 Å². The molecule has 1 heterocycles. The molecule has 1 aromatic carbocycles. The standard InChI is InChI=1S/C20H28N4O3/c1-5-24(6-2)18(19-8-7-13-27-19)14-21-20(26)22-16-9-11-17(12-10-16)23(4)15(3)25/h7-13,18H,5-6,14H2,1-4H3,(H2,21,22,26). The number of furan rings is 1. The van der Waals surface area contributed by atoms with Crippen LogP contribution < -0.4 is 15.5 Å². The number of hydrogen-bond donors (Lipinski definition) is 2. The van der Waals surface area contributed by atoms with Crippen LogP contribution in [-0.2, 0) is 4.79 Å². The third kappa shape index (κ3) is 5.59. The summed E-state index contributed by atoms with van der Waals surface area (Å²) in [6, 6.07) is 10.6. The number of nitrogens with zero attached hydrogens (tertiary/aromatic N) is 2. The largest absolute Gasteiger partial charge is 0.468 e. The second kappa shape index (κ2) is 9.78. The van der Waals surface area contributed by atoms with Crippen LogP contribution in [0.2, 0.25) is 0 Å². The molecule has 2 aromatic rings. The topological polar surface area (TPSA) is 77.8 Å². The summed E-state index contributed by atoms with van der Waals surface area (Å²) in [6.45, 7) is 7.82. The van der Waals surface area contributed by atoms with E-state index in [1.807, 2.05) is 12.1 Å². The Morgan fingerprint density at radius 2 is 1.78 bits per heavy atom. The quantitative estimate of drug-likeness (QED) is 0.744. The van der Waals surface area contributed by atoms with Crippen molar-refractivity contribution in [2.75, 3.05) is 36.9 Å². The van der Waals surface area contributed by atoms with Gasteiger partial charge in [-0.2, -0.15) is 0 Å². The van der Waals surface area contributed by atoms with Gasteiger partial charge >= 0.3 is 6.03 Å². The van der Waals surface area contributed by atoms with Gasteiger partial charge in [0, 0.05) is 31.9 Å². The molecule has 0 saturated heterocycles. The zero-order valence-electron chi connectivity index (χ0n) is 16.4. The number of carbonyl (C=O) groups excluding carboxylic acids is 2. The monoisotopic (exact) mass is 372 g/mol. The summed E-state index contributed by atoms with van der Waals surface area (Å²) >= 11 is 0. The molecule has 0 radical (unpaired) electrons. The number of amides is 3. The van der Waals surface area contributed by atoms with Gasteiger partial charge in [-0.25, -0.2) is 4.79 Å². The van der Waals surface area contributed by atoms with Crippen molar-refractivity contribution in [3.63, 3.8) is 0 Å². The maximum Gasteiger partial charge on any atom is 0.319 e. The molecule has 1 atom stereocenters. The van der Waals surface area contributed by atoms with Gasteiger partial charge in [-0.15, -0.1) is 0 Å². The van der Waals surface area contributed by atoms with Gasteiger partial charge in [0.15, 0.2) is 0 Å². The fourth-order valence-electron chi connectivity index (χ4n) is 2.87. The molecule has 0 fully saturated rings. The summed E-state index contributed by atoms with van der Waals surface area (Å²) in [7, 11) is 1.71. The molecule has 0 aliphatic rings. The summed E-state index contributed by atoms with van der Waals surface area (Å²) in [5.74, 6) is 0.782. The molecule has 7 heteroatoms. The molecule has 0 aliphatic heterocycles. The smallest absolute Gasteiger partial charge is 0.319 e. The van der Waals surface area contributed by atoms with E-state index in [1.165, 1.54) is 6.92 Å². The summed E-state index contributed by atoms with van der Waals surface area (Å²) in [6.07, 6.45) is 1.64. The van der Waals surface area contributed by atoms with Crippen molar-refractivity contribution < 1.29 is 14.0 Å². The van der Waals surface area contributed by atoms with E-state index < -0.39 is 0 Å². The highest BCUT2D eigenvalue weighted by molar-refractivity contribution is 5.92. The second-order valence-corrected chi connectivity index (χ2v) is 6.21. The molecule has 0 spiro atoms. The van der Waals surface area contributed by atoms with Crippen molar-refractivity contribution in [1.82, 2.24) is 10.2 Å². The van der Waals surface area contributed by atoms with Crippen LogP contribution in [0.5, 0.6) is 0 Å². The highest BCUT2D eigenvalue weighted by Gasteiger charge is 2.21. The maximum absolute atomic E-state index is 12.3. The van der Waals surface area contributed by atoms with Crippen LogP contribution in [-0.4, -0.2) is 43.5 Å². The Hall–Kier alpha value is -2.80. The van der Waals surface area contributed by atoms with Crippen molar-refractivity contribution in [3.05, 3.63) is 48.4 Å². The van der Waals surface area contributed by atoms with Gasteiger partial charge in [0.25, 0.3) is 0 Å². The average Bonchev–Trinajstić information content (AvgIpc) is 3.19. The first-order valence-corrected chi connectivity index (χ1v) is 9.12. The Kier molecular flexibility index (Phi) is 7.43. The fourth-order valence-corrected chi connectivity index (χ4v) is 2.87. The molecule has 0 bridgehead atoms.